The van der Waals surface area contributed by atoms with Crippen LogP contribution in [0.4, 0.5) is 11.4 Å². The Balaban J connectivity index is 1.44. The molecule has 4 atom stereocenters. The fourth-order valence-electron chi connectivity index (χ4n) is 6.23. The lowest BCUT2D eigenvalue weighted by Gasteiger charge is -2.37. The van der Waals surface area contributed by atoms with Crippen molar-refractivity contribution in [2.75, 3.05) is 22.9 Å². The SMILES string of the molecule is C[C@@H]1C[C@H](C)CN(c2ccc(N3C(=S)N[C@@H](c4ccccn4)[C@H]3c3cccn3-c3ccc(Cl)cc3Cl)cc2Cl)C1. The summed E-state index contributed by atoms with van der Waals surface area (Å²) in [5.41, 5.74) is 4.72. The number of thiocarbonyl (C=S) groups is 1. The molecule has 40 heavy (non-hydrogen) atoms. The van der Waals surface area contributed by atoms with E-state index in [1.165, 1.54) is 6.42 Å². The molecule has 0 spiro atoms. The van der Waals surface area contributed by atoms with E-state index in [9.17, 15) is 0 Å². The normalized spacial score (nSPS) is 23.0. The number of nitrogens with zero attached hydrogens (tertiary/aromatic N) is 4. The molecule has 2 aromatic heterocycles. The summed E-state index contributed by atoms with van der Waals surface area (Å²) in [5, 5.41) is 6.03. The molecule has 1 N–H and O–H groups in total. The number of piperidine rings is 1. The average Bonchev–Trinajstić information content (AvgIpc) is 3.52. The second-order valence-corrected chi connectivity index (χ2v) is 12.5. The second-order valence-electron chi connectivity index (χ2n) is 10.9. The van der Waals surface area contributed by atoms with Gasteiger partial charge in [-0.3, -0.25) is 4.98 Å². The van der Waals surface area contributed by atoms with Gasteiger partial charge in [0.25, 0.3) is 0 Å². The van der Waals surface area contributed by atoms with Gasteiger partial charge in [-0.05, 0) is 91.1 Å². The molecule has 2 aliphatic heterocycles. The smallest absolute Gasteiger partial charge is 0.174 e. The zero-order valence-electron chi connectivity index (χ0n) is 22.3. The molecule has 2 saturated heterocycles. The number of halogens is 3. The third-order valence-electron chi connectivity index (χ3n) is 7.77. The minimum absolute atomic E-state index is 0.198. The van der Waals surface area contributed by atoms with Crippen LogP contribution in [0.2, 0.25) is 15.1 Å². The van der Waals surface area contributed by atoms with Crippen molar-refractivity contribution >= 4 is 63.5 Å². The maximum Gasteiger partial charge on any atom is 0.174 e. The standard InChI is InChI=1S/C31H30Cl3N5S/c1-19-14-20(2)18-37(17-19)26-11-9-22(16-24(26)34)39-30(29(36-31(39)40)25-6-3-4-12-35-25)28-7-5-13-38(28)27-10-8-21(32)15-23(27)33/h3-13,15-16,19-20,29-30H,14,17-18H2,1-2H3,(H,36,40)/t19-,20+,29-,30+/m0/s1. The fourth-order valence-corrected chi connectivity index (χ4v) is 7.37. The Kier molecular flexibility index (Phi) is 7.71. The number of nitrogens with one attached hydrogen (secondary N) is 1. The van der Waals surface area contributed by atoms with Gasteiger partial charge in [0.2, 0.25) is 0 Å². The number of anilines is 2. The summed E-state index contributed by atoms with van der Waals surface area (Å²) in [7, 11) is 0. The van der Waals surface area contributed by atoms with Crippen molar-refractivity contribution in [2.24, 2.45) is 11.8 Å². The highest BCUT2D eigenvalue weighted by molar-refractivity contribution is 7.80. The molecule has 0 saturated carbocycles. The molecular weight excluding hydrogens is 581 g/mol. The van der Waals surface area contributed by atoms with E-state index in [4.69, 9.17) is 47.0 Å². The second kappa shape index (κ2) is 11.2. The Morgan fingerprint density at radius 1 is 0.875 bits per heavy atom. The van der Waals surface area contributed by atoms with Crippen molar-refractivity contribution in [3.8, 4) is 5.69 Å². The van der Waals surface area contributed by atoms with Gasteiger partial charge in [-0.2, -0.15) is 0 Å². The van der Waals surface area contributed by atoms with Gasteiger partial charge in [-0.1, -0.05) is 54.7 Å². The average molecular weight is 611 g/mol. The van der Waals surface area contributed by atoms with Crippen LogP contribution in [0.3, 0.4) is 0 Å². The fraction of sp³-hybridized carbons (Fsp3) is 0.290. The minimum atomic E-state index is -0.221. The number of pyridine rings is 1. The van der Waals surface area contributed by atoms with Crippen LogP contribution < -0.4 is 15.1 Å². The first-order valence-corrected chi connectivity index (χ1v) is 15.0. The number of rotatable bonds is 5. The van der Waals surface area contributed by atoms with Crippen molar-refractivity contribution in [1.82, 2.24) is 14.9 Å². The van der Waals surface area contributed by atoms with Gasteiger partial charge in [0.15, 0.2) is 5.11 Å². The molecule has 0 radical (unpaired) electrons. The molecular formula is C31H30Cl3N5S. The zero-order chi connectivity index (χ0) is 28.0. The summed E-state index contributed by atoms with van der Waals surface area (Å²) < 4.78 is 2.09. The summed E-state index contributed by atoms with van der Waals surface area (Å²) in [6.07, 6.45) is 5.06. The lowest BCUT2D eigenvalue weighted by atomic mass is 9.91. The van der Waals surface area contributed by atoms with E-state index in [0.29, 0.717) is 27.0 Å². The summed E-state index contributed by atoms with van der Waals surface area (Å²) in [6, 6.07) is 21.4. The minimum Gasteiger partial charge on any atom is -0.370 e. The van der Waals surface area contributed by atoms with Crippen LogP contribution in [0.15, 0.2) is 79.1 Å². The lowest BCUT2D eigenvalue weighted by molar-refractivity contribution is 0.357. The van der Waals surface area contributed by atoms with E-state index >= 15 is 0 Å². The largest absolute Gasteiger partial charge is 0.370 e. The molecule has 2 aromatic carbocycles. The van der Waals surface area contributed by atoms with E-state index in [1.54, 1.807) is 12.3 Å². The topological polar surface area (TPSA) is 36.3 Å². The van der Waals surface area contributed by atoms with Crippen LogP contribution in [0, 0.1) is 11.8 Å². The summed E-state index contributed by atoms with van der Waals surface area (Å²) in [4.78, 5) is 9.24. The van der Waals surface area contributed by atoms with Crippen molar-refractivity contribution in [3.63, 3.8) is 0 Å². The molecule has 0 bridgehead atoms. The van der Waals surface area contributed by atoms with Crippen molar-refractivity contribution in [3.05, 3.63) is 106 Å². The van der Waals surface area contributed by atoms with Gasteiger partial charge >= 0.3 is 0 Å². The highest BCUT2D eigenvalue weighted by Crippen LogP contribution is 2.44. The summed E-state index contributed by atoms with van der Waals surface area (Å²) >= 11 is 25.8. The van der Waals surface area contributed by atoms with Crippen LogP contribution >= 0.6 is 47.0 Å². The molecule has 2 aliphatic rings. The molecule has 9 heteroatoms. The first-order valence-electron chi connectivity index (χ1n) is 13.5. The van der Waals surface area contributed by atoms with E-state index in [1.807, 2.05) is 48.7 Å². The van der Waals surface area contributed by atoms with E-state index < -0.39 is 0 Å². The van der Waals surface area contributed by atoms with Gasteiger partial charge in [0.1, 0.15) is 6.04 Å². The van der Waals surface area contributed by atoms with E-state index in [-0.39, 0.29) is 12.1 Å². The van der Waals surface area contributed by atoms with Gasteiger partial charge in [-0.25, -0.2) is 0 Å². The monoisotopic (exact) mass is 609 g/mol. The van der Waals surface area contributed by atoms with Gasteiger partial charge in [0.05, 0.1) is 33.2 Å². The molecule has 6 rings (SSSR count). The Bertz CT molecular complexity index is 1530. The molecule has 206 valence electrons. The van der Waals surface area contributed by atoms with Crippen molar-refractivity contribution in [1.29, 1.82) is 0 Å². The predicted molar refractivity (Wildman–Crippen MR) is 170 cm³/mol. The molecule has 0 amide bonds. The van der Waals surface area contributed by atoms with Crippen LogP contribution in [-0.2, 0) is 0 Å². The molecule has 4 aromatic rings. The van der Waals surface area contributed by atoms with Crippen LogP contribution in [-0.4, -0.2) is 27.8 Å². The number of hydrogen-bond acceptors (Lipinski definition) is 3. The molecule has 0 unspecified atom stereocenters. The summed E-state index contributed by atoms with van der Waals surface area (Å²) in [6.45, 7) is 6.63. The number of aromatic nitrogens is 2. The lowest BCUT2D eigenvalue weighted by Crippen LogP contribution is -2.38. The molecule has 4 heterocycles. The van der Waals surface area contributed by atoms with Gasteiger partial charge < -0.3 is 19.7 Å². The maximum absolute atomic E-state index is 6.99. The molecule has 2 fully saturated rings. The predicted octanol–water partition coefficient (Wildman–Crippen LogP) is 8.49. The number of hydrogen-bond donors (Lipinski definition) is 1. The highest BCUT2D eigenvalue weighted by Gasteiger charge is 2.42. The van der Waals surface area contributed by atoms with E-state index in [2.05, 4.69) is 56.7 Å². The first kappa shape index (κ1) is 27.4. The van der Waals surface area contributed by atoms with Gasteiger partial charge in [0, 0.05) is 41.9 Å². The molecule has 5 nitrogen and oxygen atoms in total. The first-order chi connectivity index (χ1) is 19.3. The maximum atomic E-state index is 6.99. The van der Waals surface area contributed by atoms with Gasteiger partial charge in [-0.15, -0.1) is 0 Å². The van der Waals surface area contributed by atoms with Crippen LogP contribution in [0.1, 0.15) is 43.7 Å². The quantitative estimate of drug-likeness (QED) is 0.229. The Morgan fingerprint density at radius 3 is 2.33 bits per heavy atom. The van der Waals surface area contributed by atoms with Crippen molar-refractivity contribution in [2.45, 2.75) is 32.4 Å². The highest BCUT2D eigenvalue weighted by atomic mass is 35.5. The number of benzene rings is 2. The zero-order valence-corrected chi connectivity index (χ0v) is 25.4. The van der Waals surface area contributed by atoms with E-state index in [0.717, 1.165) is 46.6 Å². The summed E-state index contributed by atoms with van der Waals surface area (Å²) in [5.74, 6) is 1.26. The molecule has 0 aliphatic carbocycles. The van der Waals surface area contributed by atoms with Crippen molar-refractivity contribution < 1.29 is 0 Å². The Morgan fingerprint density at radius 2 is 1.62 bits per heavy atom. The Labute approximate surface area is 255 Å². The third kappa shape index (κ3) is 5.18. The Hall–Kier alpha value is -2.77. The van der Waals surface area contributed by atoms with Crippen LogP contribution in [0.25, 0.3) is 5.69 Å². The third-order valence-corrected chi connectivity index (χ3v) is 8.92. The van der Waals surface area contributed by atoms with Crippen LogP contribution in [0.5, 0.6) is 0 Å².